The van der Waals surface area contributed by atoms with Crippen LogP contribution in [0.1, 0.15) is 68.1 Å². The molecule has 3 aliphatic rings. The van der Waals surface area contributed by atoms with Gasteiger partial charge >= 0.3 is 0 Å². The van der Waals surface area contributed by atoms with E-state index in [0.29, 0.717) is 12.0 Å². The zero-order chi connectivity index (χ0) is 30.6. The fourth-order valence-corrected chi connectivity index (χ4v) is 6.59. The van der Waals surface area contributed by atoms with Crippen molar-refractivity contribution in [1.82, 2.24) is 15.5 Å². The molecule has 11 nitrogen and oxygen atoms in total. The van der Waals surface area contributed by atoms with Gasteiger partial charge in [0.25, 0.3) is 11.8 Å². The third-order valence-electron chi connectivity index (χ3n) is 9.01. The summed E-state index contributed by atoms with van der Waals surface area (Å²) in [6.07, 6.45) is 5.30. The van der Waals surface area contributed by atoms with Crippen LogP contribution in [-0.2, 0) is 28.7 Å². The van der Waals surface area contributed by atoms with Gasteiger partial charge in [-0.2, -0.15) is 0 Å². The SMILES string of the molecule is NC(=O)C(=O)C1(NC(=O)[C@@H]2CC(=O)CN2C(=O)C(CC2CCCCC2)NC(=O)c2ccc3ccccc3c2)CCOCC1. The normalized spacial score (nSPS) is 21.3. The number of ketones is 2. The summed E-state index contributed by atoms with van der Waals surface area (Å²) < 4.78 is 5.32. The van der Waals surface area contributed by atoms with Crippen LogP contribution in [-0.4, -0.2) is 77.5 Å². The molecule has 1 aliphatic carbocycles. The van der Waals surface area contributed by atoms with Gasteiger partial charge in [0, 0.05) is 38.0 Å². The van der Waals surface area contributed by atoms with E-state index in [0.717, 1.165) is 42.9 Å². The molecule has 2 aliphatic heterocycles. The Bertz CT molecular complexity index is 1430. The minimum Gasteiger partial charge on any atom is -0.381 e. The number of hydrogen-bond acceptors (Lipinski definition) is 7. The molecule has 2 saturated heterocycles. The number of carbonyl (C=O) groups excluding carboxylic acids is 6. The molecule has 11 heteroatoms. The number of primary amides is 1. The summed E-state index contributed by atoms with van der Waals surface area (Å²) in [5.41, 5.74) is 4.13. The second-order valence-corrected chi connectivity index (χ2v) is 11.9. The number of carbonyl (C=O) groups is 6. The lowest BCUT2D eigenvalue weighted by molar-refractivity contribution is -0.147. The maximum atomic E-state index is 14.1. The van der Waals surface area contributed by atoms with Gasteiger partial charge in [-0.1, -0.05) is 62.4 Å². The van der Waals surface area contributed by atoms with Gasteiger partial charge in [-0.25, -0.2) is 0 Å². The van der Waals surface area contributed by atoms with E-state index in [1.807, 2.05) is 30.3 Å². The smallest absolute Gasteiger partial charge is 0.287 e. The van der Waals surface area contributed by atoms with Crippen LogP contribution in [0.3, 0.4) is 0 Å². The molecule has 228 valence electrons. The van der Waals surface area contributed by atoms with Gasteiger partial charge in [-0.15, -0.1) is 0 Å². The molecule has 0 aromatic heterocycles. The predicted octanol–water partition coefficient (Wildman–Crippen LogP) is 1.80. The minimum absolute atomic E-state index is 0.0429. The molecule has 1 unspecified atom stereocenters. The van der Waals surface area contributed by atoms with Gasteiger partial charge in [0.1, 0.15) is 17.6 Å². The van der Waals surface area contributed by atoms with E-state index in [1.165, 1.54) is 4.90 Å². The zero-order valence-corrected chi connectivity index (χ0v) is 24.1. The molecular formula is C32H38N4O7. The molecule has 4 amide bonds. The van der Waals surface area contributed by atoms with Crippen LogP contribution >= 0.6 is 0 Å². The Labute approximate surface area is 249 Å². The van der Waals surface area contributed by atoms with Gasteiger partial charge in [-0.05, 0) is 35.2 Å². The molecule has 2 aromatic carbocycles. The van der Waals surface area contributed by atoms with E-state index < -0.39 is 47.0 Å². The maximum Gasteiger partial charge on any atom is 0.287 e. The van der Waals surface area contributed by atoms with E-state index in [2.05, 4.69) is 10.6 Å². The van der Waals surface area contributed by atoms with Crippen molar-refractivity contribution in [2.24, 2.45) is 11.7 Å². The molecule has 0 radical (unpaired) electrons. The average molecular weight is 591 g/mol. The van der Waals surface area contributed by atoms with Crippen molar-refractivity contribution in [2.75, 3.05) is 19.8 Å². The highest BCUT2D eigenvalue weighted by Gasteiger charge is 2.48. The molecule has 2 heterocycles. The number of hydrogen-bond donors (Lipinski definition) is 3. The highest BCUT2D eigenvalue weighted by molar-refractivity contribution is 6.39. The largest absolute Gasteiger partial charge is 0.381 e. The lowest BCUT2D eigenvalue weighted by Crippen LogP contribution is -2.64. The molecule has 2 atom stereocenters. The summed E-state index contributed by atoms with van der Waals surface area (Å²) in [6.45, 7) is -0.0184. The molecule has 2 aromatic rings. The number of ether oxygens (including phenoxy) is 1. The fourth-order valence-electron chi connectivity index (χ4n) is 6.59. The fraction of sp³-hybridized carbons (Fsp3) is 0.500. The number of nitrogens with two attached hydrogens (primary N) is 1. The van der Waals surface area contributed by atoms with Crippen molar-refractivity contribution in [3.8, 4) is 0 Å². The first-order valence-corrected chi connectivity index (χ1v) is 15.0. The molecule has 4 N–H and O–H groups in total. The van der Waals surface area contributed by atoms with Gasteiger partial charge in [-0.3, -0.25) is 28.8 Å². The van der Waals surface area contributed by atoms with Gasteiger partial charge in [0.05, 0.1) is 6.54 Å². The number of amides is 4. The van der Waals surface area contributed by atoms with E-state index in [9.17, 15) is 28.8 Å². The number of benzene rings is 2. The summed E-state index contributed by atoms with van der Waals surface area (Å²) in [5.74, 6) is -3.87. The molecule has 0 spiro atoms. The van der Waals surface area contributed by atoms with E-state index >= 15 is 0 Å². The van der Waals surface area contributed by atoms with Crippen LogP contribution in [0.5, 0.6) is 0 Å². The average Bonchev–Trinajstić information content (AvgIpc) is 3.42. The maximum absolute atomic E-state index is 14.1. The molecule has 3 fully saturated rings. The minimum atomic E-state index is -1.56. The van der Waals surface area contributed by atoms with Crippen LogP contribution in [0, 0.1) is 5.92 Å². The number of nitrogens with one attached hydrogen (secondary N) is 2. The Morgan fingerprint density at radius 3 is 2.37 bits per heavy atom. The highest BCUT2D eigenvalue weighted by Crippen LogP contribution is 2.30. The van der Waals surface area contributed by atoms with Crippen LogP contribution in [0.25, 0.3) is 10.8 Å². The third-order valence-corrected chi connectivity index (χ3v) is 9.01. The second-order valence-electron chi connectivity index (χ2n) is 11.9. The Morgan fingerprint density at radius 1 is 0.977 bits per heavy atom. The summed E-state index contributed by atoms with van der Waals surface area (Å²) in [6, 6.07) is 10.8. The Balaban J connectivity index is 1.38. The molecule has 43 heavy (non-hydrogen) atoms. The van der Waals surface area contributed by atoms with Gasteiger partial charge < -0.3 is 26.0 Å². The highest BCUT2D eigenvalue weighted by atomic mass is 16.5. The van der Waals surface area contributed by atoms with Crippen molar-refractivity contribution < 1.29 is 33.5 Å². The van der Waals surface area contributed by atoms with Gasteiger partial charge in [0.15, 0.2) is 5.78 Å². The molecular weight excluding hydrogens is 552 g/mol. The number of fused-ring (bicyclic) bond motifs is 1. The van der Waals surface area contributed by atoms with E-state index in [4.69, 9.17) is 10.5 Å². The van der Waals surface area contributed by atoms with Crippen molar-refractivity contribution in [1.29, 1.82) is 0 Å². The zero-order valence-electron chi connectivity index (χ0n) is 24.1. The number of rotatable bonds is 9. The second kappa shape index (κ2) is 13.0. The van der Waals surface area contributed by atoms with Crippen molar-refractivity contribution in [3.05, 3.63) is 48.0 Å². The van der Waals surface area contributed by atoms with Crippen LogP contribution in [0.4, 0.5) is 0 Å². The number of likely N-dealkylation sites (tertiary alicyclic amines) is 1. The third kappa shape index (κ3) is 6.77. The summed E-state index contributed by atoms with van der Waals surface area (Å²) >= 11 is 0. The quantitative estimate of drug-likeness (QED) is 0.375. The molecule has 1 saturated carbocycles. The van der Waals surface area contributed by atoms with Crippen molar-refractivity contribution >= 4 is 46.0 Å². The predicted molar refractivity (Wildman–Crippen MR) is 157 cm³/mol. The van der Waals surface area contributed by atoms with Crippen LogP contribution in [0.15, 0.2) is 42.5 Å². The van der Waals surface area contributed by atoms with Crippen LogP contribution in [0.2, 0.25) is 0 Å². The Morgan fingerprint density at radius 2 is 1.67 bits per heavy atom. The van der Waals surface area contributed by atoms with E-state index in [1.54, 1.807) is 12.1 Å². The monoisotopic (exact) mass is 590 g/mol. The standard InChI is InChI=1S/C32H38N4O7/c33-28(39)27(38)32(12-14-43-15-13-32)35-30(41)26-18-24(37)19-36(26)31(42)25(16-20-6-2-1-3-7-20)34-29(40)23-11-10-21-8-4-5-9-22(21)17-23/h4-5,8-11,17,20,25-26H,1-3,6-7,12-16,18-19H2,(H2,33,39)(H,34,40)(H,35,41)/t25?,26-/m0/s1. The van der Waals surface area contributed by atoms with Crippen molar-refractivity contribution in [3.63, 3.8) is 0 Å². The summed E-state index contributed by atoms with van der Waals surface area (Å²) in [4.78, 5) is 79.6. The topological polar surface area (TPSA) is 165 Å². The number of Topliss-reactive ketones (excluding diaryl/α,β-unsaturated/α-hetero) is 2. The Hall–Kier alpha value is -4.12. The number of nitrogens with zero attached hydrogens (tertiary/aromatic N) is 1. The van der Waals surface area contributed by atoms with Crippen LogP contribution < -0.4 is 16.4 Å². The van der Waals surface area contributed by atoms with Gasteiger partial charge in [0.2, 0.25) is 17.6 Å². The van der Waals surface area contributed by atoms with E-state index in [-0.39, 0.29) is 50.7 Å². The summed E-state index contributed by atoms with van der Waals surface area (Å²) in [7, 11) is 0. The first kappa shape index (κ1) is 30.3. The molecule has 5 rings (SSSR count). The lowest BCUT2D eigenvalue weighted by Gasteiger charge is -2.37. The first-order valence-electron chi connectivity index (χ1n) is 15.0. The van der Waals surface area contributed by atoms with Crippen molar-refractivity contribution in [2.45, 2.75) is 75.4 Å². The lowest BCUT2D eigenvalue weighted by atomic mass is 9.84. The Kier molecular flexibility index (Phi) is 9.19. The summed E-state index contributed by atoms with van der Waals surface area (Å²) in [5, 5.41) is 7.45. The molecule has 0 bridgehead atoms. The first-order chi connectivity index (χ1) is 20.7.